The van der Waals surface area contributed by atoms with Crippen molar-refractivity contribution in [2.45, 2.75) is 155 Å². The summed E-state index contributed by atoms with van der Waals surface area (Å²) in [7, 11) is 0. The summed E-state index contributed by atoms with van der Waals surface area (Å²) in [5.41, 5.74) is -1.58. The van der Waals surface area contributed by atoms with Crippen LogP contribution in [-0.4, -0.2) is 22.2 Å². The topological polar surface area (TPSA) is 74.6 Å². The van der Waals surface area contributed by atoms with Crippen LogP contribution in [0.2, 0.25) is 0 Å². The number of unbranched alkanes of at least 4 members (excludes halogenated alkanes) is 18. The Morgan fingerprint density at radius 2 is 0.677 bits per heavy atom. The molecule has 184 valence electrons. The Morgan fingerprint density at radius 1 is 0.452 bits per heavy atom. The van der Waals surface area contributed by atoms with Crippen molar-refractivity contribution in [2.24, 2.45) is 5.41 Å². The Balaban J connectivity index is 4.01. The zero-order chi connectivity index (χ0) is 23.2. The second-order valence-electron chi connectivity index (χ2n) is 9.56. The number of hydrogen-bond acceptors (Lipinski definition) is 2. The number of hydrogen-bond donors (Lipinski definition) is 2. The highest BCUT2D eigenvalue weighted by atomic mass is 16.4. The molecule has 4 nitrogen and oxygen atoms in total. The van der Waals surface area contributed by atoms with Gasteiger partial charge in [-0.1, -0.05) is 142 Å². The van der Waals surface area contributed by atoms with E-state index in [9.17, 15) is 19.8 Å². The third-order valence-electron chi connectivity index (χ3n) is 6.73. The normalized spacial score (nSPS) is 11.7. The van der Waals surface area contributed by atoms with Gasteiger partial charge >= 0.3 is 11.9 Å². The van der Waals surface area contributed by atoms with Gasteiger partial charge in [-0.05, 0) is 12.8 Å². The van der Waals surface area contributed by atoms with Crippen molar-refractivity contribution in [3.63, 3.8) is 0 Å². The highest BCUT2D eigenvalue weighted by Gasteiger charge is 2.45. The molecule has 0 aliphatic carbocycles. The molecule has 0 spiro atoms. The molecule has 0 atom stereocenters. The molecular weight excluding hydrogens is 388 g/mol. The lowest BCUT2D eigenvalue weighted by Gasteiger charge is -2.25. The summed E-state index contributed by atoms with van der Waals surface area (Å²) in [5.74, 6) is -2.29. The third kappa shape index (κ3) is 15.4. The van der Waals surface area contributed by atoms with Gasteiger partial charge in [0.05, 0.1) is 0 Å². The van der Waals surface area contributed by atoms with Gasteiger partial charge in [0, 0.05) is 0 Å². The summed E-state index contributed by atoms with van der Waals surface area (Å²) in [4.78, 5) is 23.7. The van der Waals surface area contributed by atoms with Gasteiger partial charge in [0.2, 0.25) is 0 Å². The molecule has 2 N–H and O–H groups in total. The Labute approximate surface area is 192 Å². The van der Waals surface area contributed by atoms with Gasteiger partial charge in [0.25, 0.3) is 0 Å². The van der Waals surface area contributed by atoms with Crippen LogP contribution < -0.4 is 0 Å². The zero-order valence-electron chi connectivity index (χ0n) is 20.8. The molecule has 4 heteroatoms. The number of carbonyl (C=O) groups is 2. The van der Waals surface area contributed by atoms with E-state index in [1.165, 1.54) is 89.9 Å². The van der Waals surface area contributed by atoms with Crippen molar-refractivity contribution in [3.8, 4) is 0 Å². The minimum atomic E-state index is -1.58. The lowest BCUT2D eigenvalue weighted by Crippen LogP contribution is -2.39. The van der Waals surface area contributed by atoms with Crippen molar-refractivity contribution >= 4 is 11.9 Å². The molecule has 0 rings (SSSR count). The molecule has 0 aromatic carbocycles. The fraction of sp³-hybridized carbons (Fsp3) is 0.926. The summed E-state index contributed by atoms with van der Waals surface area (Å²) in [6.07, 6.45) is 23.9. The maximum atomic E-state index is 11.9. The van der Waals surface area contributed by atoms with Crippen molar-refractivity contribution < 1.29 is 19.8 Å². The van der Waals surface area contributed by atoms with Crippen LogP contribution >= 0.6 is 0 Å². The lowest BCUT2D eigenvalue weighted by atomic mass is 9.78. The number of aliphatic carboxylic acids is 2. The largest absolute Gasteiger partial charge is 0.480 e. The summed E-state index contributed by atoms with van der Waals surface area (Å²) in [5, 5.41) is 19.4. The van der Waals surface area contributed by atoms with Crippen LogP contribution in [0.3, 0.4) is 0 Å². The standard InChI is InChI=1S/C27H52O4/c1-3-5-7-9-11-13-15-17-19-21-23-27(25(28)29,26(30)31)24-22-20-18-16-14-12-10-8-6-4-2/h3-24H2,1-2H3,(H,28,29)(H,30,31). The van der Waals surface area contributed by atoms with E-state index in [1.807, 2.05) is 0 Å². The minimum absolute atomic E-state index is 0.269. The smallest absolute Gasteiger partial charge is 0.321 e. The quantitative estimate of drug-likeness (QED) is 0.116. The summed E-state index contributed by atoms with van der Waals surface area (Å²) >= 11 is 0. The first kappa shape index (κ1) is 29.9. The van der Waals surface area contributed by atoms with Crippen molar-refractivity contribution in [1.29, 1.82) is 0 Å². The minimum Gasteiger partial charge on any atom is -0.480 e. The van der Waals surface area contributed by atoms with Crippen LogP contribution in [0.5, 0.6) is 0 Å². The maximum Gasteiger partial charge on any atom is 0.321 e. The SMILES string of the molecule is CCCCCCCCCCCCC(CCCCCCCCCCCC)(C(=O)O)C(=O)O. The Bertz CT molecular complexity index is 393. The second-order valence-corrected chi connectivity index (χ2v) is 9.56. The van der Waals surface area contributed by atoms with Gasteiger partial charge in [0.15, 0.2) is 5.41 Å². The van der Waals surface area contributed by atoms with Crippen molar-refractivity contribution in [3.05, 3.63) is 0 Å². The molecule has 0 aliphatic heterocycles. The molecule has 0 heterocycles. The van der Waals surface area contributed by atoms with E-state index in [2.05, 4.69) is 13.8 Å². The lowest BCUT2D eigenvalue weighted by molar-refractivity contribution is -0.166. The van der Waals surface area contributed by atoms with Gasteiger partial charge in [-0.3, -0.25) is 9.59 Å². The Hall–Kier alpha value is -1.06. The molecule has 0 aliphatic rings. The van der Waals surface area contributed by atoms with E-state index in [0.717, 1.165) is 25.7 Å². The maximum absolute atomic E-state index is 11.9. The Morgan fingerprint density at radius 3 is 0.903 bits per heavy atom. The Kier molecular flexibility index (Phi) is 20.1. The molecule has 0 unspecified atom stereocenters. The van der Waals surface area contributed by atoms with Crippen molar-refractivity contribution in [1.82, 2.24) is 0 Å². The molecular formula is C27H52O4. The predicted octanol–water partition coefficient (Wildman–Crippen LogP) is 8.76. The molecule has 0 radical (unpaired) electrons. The van der Waals surface area contributed by atoms with Crippen LogP contribution in [0.1, 0.15) is 155 Å². The molecule has 31 heavy (non-hydrogen) atoms. The highest BCUT2D eigenvalue weighted by molar-refractivity contribution is 5.98. The van der Waals surface area contributed by atoms with Gasteiger partial charge in [-0.15, -0.1) is 0 Å². The van der Waals surface area contributed by atoms with Crippen LogP contribution in [0.15, 0.2) is 0 Å². The molecule has 0 fully saturated rings. The average Bonchev–Trinajstić information content (AvgIpc) is 2.74. The van der Waals surface area contributed by atoms with Gasteiger partial charge in [-0.2, -0.15) is 0 Å². The monoisotopic (exact) mass is 440 g/mol. The molecule has 0 aromatic heterocycles. The fourth-order valence-corrected chi connectivity index (χ4v) is 4.47. The van der Waals surface area contributed by atoms with Gasteiger partial charge in [0.1, 0.15) is 0 Å². The van der Waals surface area contributed by atoms with Crippen LogP contribution in [0, 0.1) is 5.41 Å². The van der Waals surface area contributed by atoms with Gasteiger partial charge in [-0.25, -0.2) is 0 Å². The summed E-state index contributed by atoms with van der Waals surface area (Å²) in [6.45, 7) is 4.45. The van der Waals surface area contributed by atoms with Crippen LogP contribution in [0.4, 0.5) is 0 Å². The molecule has 0 aromatic rings. The van der Waals surface area contributed by atoms with E-state index >= 15 is 0 Å². The molecule has 0 saturated carbocycles. The van der Waals surface area contributed by atoms with Crippen LogP contribution in [0.25, 0.3) is 0 Å². The van der Waals surface area contributed by atoms with E-state index in [4.69, 9.17) is 0 Å². The number of carboxylic acids is 2. The predicted molar refractivity (Wildman–Crippen MR) is 131 cm³/mol. The first-order valence-corrected chi connectivity index (χ1v) is 13.5. The van der Waals surface area contributed by atoms with E-state index in [0.29, 0.717) is 12.8 Å². The highest BCUT2D eigenvalue weighted by Crippen LogP contribution is 2.33. The number of carboxylic acid groups (broad SMARTS) is 2. The fourth-order valence-electron chi connectivity index (χ4n) is 4.47. The molecule has 0 saturated heterocycles. The first-order chi connectivity index (χ1) is 15.0. The van der Waals surface area contributed by atoms with E-state index in [1.54, 1.807) is 0 Å². The molecule has 0 bridgehead atoms. The second kappa shape index (κ2) is 20.8. The number of rotatable bonds is 24. The summed E-state index contributed by atoms with van der Waals surface area (Å²) < 4.78 is 0. The third-order valence-corrected chi connectivity index (χ3v) is 6.73. The summed E-state index contributed by atoms with van der Waals surface area (Å²) in [6, 6.07) is 0. The average molecular weight is 441 g/mol. The van der Waals surface area contributed by atoms with Crippen LogP contribution in [-0.2, 0) is 9.59 Å². The van der Waals surface area contributed by atoms with E-state index in [-0.39, 0.29) is 12.8 Å². The zero-order valence-corrected chi connectivity index (χ0v) is 20.8. The first-order valence-electron chi connectivity index (χ1n) is 13.5. The van der Waals surface area contributed by atoms with Gasteiger partial charge < -0.3 is 10.2 Å². The van der Waals surface area contributed by atoms with E-state index < -0.39 is 17.4 Å². The molecule has 0 amide bonds. The van der Waals surface area contributed by atoms with Crippen molar-refractivity contribution in [2.75, 3.05) is 0 Å².